The van der Waals surface area contributed by atoms with Crippen LogP contribution in [0.2, 0.25) is 0 Å². The van der Waals surface area contributed by atoms with Crippen molar-refractivity contribution in [3.8, 4) is 73.2 Å². The van der Waals surface area contributed by atoms with Gasteiger partial charge in [0.05, 0.1) is 16.7 Å². The molecule has 0 saturated heterocycles. The fourth-order valence-electron chi connectivity index (χ4n) is 11.3. The third-order valence-electron chi connectivity index (χ3n) is 14.8. The molecule has 3 heterocycles. The van der Waals surface area contributed by atoms with Crippen LogP contribution in [-0.4, -0.2) is 19.5 Å². The van der Waals surface area contributed by atoms with Crippen molar-refractivity contribution in [1.82, 2.24) is 19.5 Å². The summed E-state index contributed by atoms with van der Waals surface area (Å²) in [4.78, 5) is 15.8. The lowest BCUT2D eigenvalue weighted by molar-refractivity contribution is 0.668. The Morgan fingerprint density at radius 3 is 1.59 bits per heavy atom. The normalized spacial score (nSPS) is 11.8. The molecule has 0 aliphatic heterocycles. The van der Waals surface area contributed by atoms with Crippen molar-refractivity contribution in [2.45, 2.75) is 0 Å². The second-order valence-electron chi connectivity index (χ2n) is 19.1. The van der Waals surface area contributed by atoms with E-state index in [1.54, 1.807) is 0 Å². The molecule has 5 nitrogen and oxygen atoms in total. The maximum Gasteiger partial charge on any atom is 0.164 e. The molecule has 0 spiro atoms. The number of aromatic nitrogens is 4. The molecule has 3 aromatic heterocycles. The average molecular weight is 943 g/mol. The van der Waals surface area contributed by atoms with Crippen molar-refractivity contribution in [2.24, 2.45) is 0 Å². The minimum Gasteiger partial charge on any atom is -0.456 e. The molecule has 74 heavy (non-hydrogen) atoms. The number of nitrogens with zero attached hydrogens (tertiary/aromatic N) is 4. The quantitative estimate of drug-likeness (QED) is 0.149. The van der Waals surface area contributed by atoms with E-state index in [4.69, 9.17) is 19.4 Å². The van der Waals surface area contributed by atoms with Gasteiger partial charge in [-0.25, -0.2) is 15.0 Å². The minimum atomic E-state index is 0.568. The third-order valence-corrected chi connectivity index (χ3v) is 14.8. The third kappa shape index (κ3) is 6.90. The fraction of sp³-hybridized carbons (Fsp3) is 0. The molecular formula is C69H42N4O. The summed E-state index contributed by atoms with van der Waals surface area (Å²) >= 11 is 0. The zero-order chi connectivity index (χ0) is 48.7. The van der Waals surface area contributed by atoms with Gasteiger partial charge in [0.15, 0.2) is 17.5 Å². The highest BCUT2D eigenvalue weighted by Crippen LogP contribution is 2.45. The van der Waals surface area contributed by atoms with Gasteiger partial charge in [0, 0.05) is 49.9 Å². The van der Waals surface area contributed by atoms with Gasteiger partial charge in [-0.2, -0.15) is 0 Å². The van der Waals surface area contributed by atoms with E-state index in [1.165, 1.54) is 37.7 Å². The van der Waals surface area contributed by atoms with E-state index in [0.29, 0.717) is 17.5 Å². The van der Waals surface area contributed by atoms with Crippen LogP contribution in [-0.2, 0) is 0 Å². The smallest absolute Gasteiger partial charge is 0.164 e. The monoisotopic (exact) mass is 942 g/mol. The summed E-state index contributed by atoms with van der Waals surface area (Å²) in [5.74, 6) is 1.77. The standard InChI is InChI=1S/C69H42N4O/c1-4-17-43(18-5-1)51-36-52(44-19-6-2-7-20-44)38-53(37-51)58-41-60-65(42-63(58)73-61-29-15-14-27-56(61)59-39-47-24-10-11-25-48(47)40-62(59)73)74-64-30-16-28-57(66(60)64)69-71-67(46-22-8-3-9-23-46)70-68(72-69)50-33-34-55-49(35-50)32-31-45-21-12-13-26-54(45)55/h1-42H. The Bertz CT molecular complexity index is 4650. The van der Waals surface area contributed by atoms with Crippen LogP contribution in [0.1, 0.15) is 0 Å². The zero-order valence-electron chi connectivity index (χ0n) is 39.9. The van der Waals surface area contributed by atoms with E-state index in [9.17, 15) is 0 Å². The molecular weight excluding hydrogens is 901 g/mol. The number of benzene rings is 12. The lowest BCUT2D eigenvalue weighted by atomic mass is 9.91. The van der Waals surface area contributed by atoms with E-state index >= 15 is 0 Å². The zero-order valence-corrected chi connectivity index (χ0v) is 39.9. The van der Waals surface area contributed by atoms with Gasteiger partial charge in [0.1, 0.15) is 11.2 Å². The van der Waals surface area contributed by atoms with Crippen LogP contribution in [0.15, 0.2) is 259 Å². The van der Waals surface area contributed by atoms with Gasteiger partial charge >= 0.3 is 0 Å². The first-order valence-electron chi connectivity index (χ1n) is 25.1. The Morgan fingerprint density at radius 2 is 0.851 bits per heavy atom. The van der Waals surface area contributed by atoms with Crippen molar-refractivity contribution < 1.29 is 4.42 Å². The summed E-state index contributed by atoms with van der Waals surface area (Å²) in [5.41, 5.74) is 14.1. The summed E-state index contributed by atoms with van der Waals surface area (Å²) < 4.78 is 9.49. The highest BCUT2D eigenvalue weighted by atomic mass is 16.3. The van der Waals surface area contributed by atoms with Crippen molar-refractivity contribution >= 4 is 76.1 Å². The highest BCUT2D eigenvalue weighted by Gasteiger charge is 2.24. The molecule has 344 valence electrons. The first-order valence-corrected chi connectivity index (χ1v) is 25.1. The number of fused-ring (bicyclic) bond motifs is 10. The van der Waals surface area contributed by atoms with E-state index in [2.05, 4.69) is 235 Å². The van der Waals surface area contributed by atoms with Gasteiger partial charge in [-0.3, -0.25) is 0 Å². The lowest BCUT2D eigenvalue weighted by Gasteiger charge is -2.17. The summed E-state index contributed by atoms with van der Waals surface area (Å²) in [5, 5.41) is 11.4. The largest absolute Gasteiger partial charge is 0.456 e. The molecule has 0 aliphatic rings. The van der Waals surface area contributed by atoms with Crippen LogP contribution in [0.4, 0.5) is 0 Å². The van der Waals surface area contributed by atoms with Crippen LogP contribution in [0.25, 0.3) is 149 Å². The van der Waals surface area contributed by atoms with Crippen LogP contribution < -0.4 is 0 Å². The van der Waals surface area contributed by atoms with E-state index in [0.717, 1.165) is 94.1 Å². The molecule has 5 heteroatoms. The molecule has 15 aromatic rings. The highest BCUT2D eigenvalue weighted by molar-refractivity contribution is 6.17. The molecule has 0 aliphatic carbocycles. The molecule has 0 radical (unpaired) electrons. The minimum absolute atomic E-state index is 0.568. The number of furan rings is 1. The Labute approximate surface area is 425 Å². The average Bonchev–Trinajstić information content (AvgIpc) is 4.01. The molecule has 0 amide bonds. The SMILES string of the molecule is c1ccc(-c2cc(-c3ccccc3)cc(-c3cc4c(cc3-n3c5ccccc5c5cc6ccccc6cc53)oc3cccc(-c5nc(-c6ccccc6)nc(-c6ccc7c(ccc8ccccc87)c6)n5)c34)c2)cc1. The summed E-state index contributed by atoms with van der Waals surface area (Å²) in [7, 11) is 0. The second-order valence-corrected chi connectivity index (χ2v) is 19.1. The van der Waals surface area contributed by atoms with Crippen LogP contribution in [0.3, 0.4) is 0 Å². The molecule has 0 fully saturated rings. The van der Waals surface area contributed by atoms with Crippen molar-refractivity contribution in [1.29, 1.82) is 0 Å². The number of para-hydroxylation sites is 1. The lowest BCUT2D eigenvalue weighted by Crippen LogP contribution is -2.00. The van der Waals surface area contributed by atoms with Crippen LogP contribution in [0, 0.1) is 0 Å². The summed E-state index contributed by atoms with van der Waals surface area (Å²) in [6.45, 7) is 0. The first-order chi connectivity index (χ1) is 36.6. The second kappa shape index (κ2) is 16.8. The number of hydrogen-bond donors (Lipinski definition) is 0. The maximum absolute atomic E-state index is 7.05. The molecule has 0 saturated carbocycles. The molecule has 0 unspecified atom stereocenters. The van der Waals surface area contributed by atoms with Gasteiger partial charge in [-0.05, 0) is 115 Å². The van der Waals surface area contributed by atoms with Gasteiger partial charge in [-0.1, -0.05) is 194 Å². The molecule has 12 aromatic carbocycles. The molecule has 0 N–H and O–H groups in total. The van der Waals surface area contributed by atoms with Crippen molar-refractivity contribution in [3.05, 3.63) is 255 Å². The van der Waals surface area contributed by atoms with Gasteiger partial charge < -0.3 is 8.98 Å². The maximum atomic E-state index is 7.05. The Balaban J connectivity index is 1.01. The molecule has 15 rings (SSSR count). The van der Waals surface area contributed by atoms with Crippen LogP contribution >= 0.6 is 0 Å². The van der Waals surface area contributed by atoms with E-state index in [-0.39, 0.29) is 0 Å². The summed E-state index contributed by atoms with van der Waals surface area (Å²) in [6.07, 6.45) is 0. The van der Waals surface area contributed by atoms with E-state index in [1.807, 2.05) is 24.3 Å². The number of hydrogen-bond acceptors (Lipinski definition) is 4. The Hall–Kier alpha value is -9.97. The Morgan fingerprint density at radius 1 is 0.270 bits per heavy atom. The van der Waals surface area contributed by atoms with E-state index < -0.39 is 0 Å². The van der Waals surface area contributed by atoms with Crippen molar-refractivity contribution in [2.75, 3.05) is 0 Å². The van der Waals surface area contributed by atoms with Gasteiger partial charge in [0.25, 0.3) is 0 Å². The Kier molecular flexibility index (Phi) is 9.50. The van der Waals surface area contributed by atoms with Crippen molar-refractivity contribution in [3.63, 3.8) is 0 Å². The molecule has 0 atom stereocenters. The molecule has 0 bridgehead atoms. The number of rotatable bonds is 7. The van der Waals surface area contributed by atoms with Crippen LogP contribution in [0.5, 0.6) is 0 Å². The van der Waals surface area contributed by atoms with Gasteiger partial charge in [-0.15, -0.1) is 0 Å². The van der Waals surface area contributed by atoms with Gasteiger partial charge in [0.2, 0.25) is 0 Å². The first kappa shape index (κ1) is 41.8. The predicted molar refractivity (Wildman–Crippen MR) is 307 cm³/mol. The topological polar surface area (TPSA) is 56.7 Å². The fourth-order valence-corrected chi connectivity index (χ4v) is 11.3. The predicted octanol–water partition coefficient (Wildman–Crippen LogP) is 18.3. The summed E-state index contributed by atoms with van der Waals surface area (Å²) in [6, 6.07) is 90.9.